The average Bonchev–Trinajstić information content (AvgIpc) is 2.50. The van der Waals surface area contributed by atoms with Crippen molar-refractivity contribution in [3.63, 3.8) is 0 Å². The SMILES string of the molecule is C=C(C)C[C@H](c1cc(Br)c(O)c(OCC)c1)N1CCNCC1. The summed E-state index contributed by atoms with van der Waals surface area (Å²) >= 11 is 3.44. The summed E-state index contributed by atoms with van der Waals surface area (Å²) in [7, 11) is 0. The van der Waals surface area contributed by atoms with Gasteiger partial charge in [0.05, 0.1) is 11.1 Å². The first kappa shape index (κ1) is 17.3. The molecule has 0 radical (unpaired) electrons. The fraction of sp³-hybridized carbons (Fsp3) is 0.529. The molecule has 1 saturated heterocycles. The van der Waals surface area contributed by atoms with Gasteiger partial charge in [-0.05, 0) is 53.9 Å². The van der Waals surface area contributed by atoms with Gasteiger partial charge in [-0.2, -0.15) is 0 Å². The van der Waals surface area contributed by atoms with E-state index in [2.05, 4.69) is 39.6 Å². The van der Waals surface area contributed by atoms with Crippen LogP contribution in [0.4, 0.5) is 0 Å². The summed E-state index contributed by atoms with van der Waals surface area (Å²) in [5, 5.41) is 13.5. The summed E-state index contributed by atoms with van der Waals surface area (Å²) in [4.78, 5) is 2.47. The predicted molar refractivity (Wildman–Crippen MR) is 93.6 cm³/mol. The molecule has 1 atom stereocenters. The molecular weight excluding hydrogens is 344 g/mol. The number of ether oxygens (including phenoxy) is 1. The van der Waals surface area contributed by atoms with Crippen molar-refractivity contribution in [3.8, 4) is 11.5 Å². The van der Waals surface area contributed by atoms with Crippen LogP contribution in [0, 0.1) is 0 Å². The Kier molecular flexibility index (Phi) is 6.29. The van der Waals surface area contributed by atoms with E-state index < -0.39 is 0 Å². The monoisotopic (exact) mass is 368 g/mol. The highest BCUT2D eigenvalue weighted by Crippen LogP contribution is 2.39. The number of hydrogen-bond acceptors (Lipinski definition) is 4. The highest BCUT2D eigenvalue weighted by atomic mass is 79.9. The number of halogens is 1. The second-order valence-electron chi connectivity index (χ2n) is 5.75. The molecule has 1 heterocycles. The number of nitrogens with zero attached hydrogens (tertiary/aromatic N) is 1. The molecule has 22 heavy (non-hydrogen) atoms. The van der Waals surface area contributed by atoms with E-state index >= 15 is 0 Å². The van der Waals surface area contributed by atoms with Gasteiger partial charge in [-0.3, -0.25) is 4.90 Å². The van der Waals surface area contributed by atoms with Gasteiger partial charge in [0.1, 0.15) is 0 Å². The highest BCUT2D eigenvalue weighted by Gasteiger charge is 2.24. The van der Waals surface area contributed by atoms with Crippen molar-refractivity contribution in [3.05, 3.63) is 34.3 Å². The third-order valence-electron chi connectivity index (χ3n) is 3.87. The first-order valence-electron chi connectivity index (χ1n) is 7.77. The summed E-state index contributed by atoms with van der Waals surface area (Å²) in [6, 6.07) is 4.21. The van der Waals surface area contributed by atoms with Crippen molar-refractivity contribution in [2.45, 2.75) is 26.3 Å². The zero-order chi connectivity index (χ0) is 16.1. The summed E-state index contributed by atoms with van der Waals surface area (Å²) in [6.07, 6.45) is 0.906. The molecule has 5 heteroatoms. The van der Waals surface area contributed by atoms with Gasteiger partial charge in [0, 0.05) is 32.2 Å². The summed E-state index contributed by atoms with van der Waals surface area (Å²) in [5.74, 6) is 0.703. The number of phenolic OH excluding ortho intramolecular Hbond substituents is 1. The first-order chi connectivity index (χ1) is 10.5. The van der Waals surface area contributed by atoms with Crippen molar-refractivity contribution in [1.29, 1.82) is 0 Å². The molecule has 0 aromatic heterocycles. The van der Waals surface area contributed by atoms with E-state index in [1.54, 1.807) is 0 Å². The van der Waals surface area contributed by atoms with Crippen LogP contribution in [0.15, 0.2) is 28.8 Å². The molecule has 2 N–H and O–H groups in total. The number of phenols is 1. The van der Waals surface area contributed by atoms with Crippen LogP contribution in [0.1, 0.15) is 31.9 Å². The van der Waals surface area contributed by atoms with Crippen molar-refractivity contribution in [2.24, 2.45) is 0 Å². The molecule has 4 nitrogen and oxygen atoms in total. The fourth-order valence-corrected chi connectivity index (χ4v) is 3.29. The van der Waals surface area contributed by atoms with Crippen LogP contribution in [-0.4, -0.2) is 42.8 Å². The number of benzene rings is 1. The highest BCUT2D eigenvalue weighted by molar-refractivity contribution is 9.10. The van der Waals surface area contributed by atoms with Crippen molar-refractivity contribution in [2.75, 3.05) is 32.8 Å². The van der Waals surface area contributed by atoms with Gasteiger partial charge in [-0.15, -0.1) is 6.58 Å². The van der Waals surface area contributed by atoms with Gasteiger partial charge >= 0.3 is 0 Å². The molecule has 2 rings (SSSR count). The minimum atomic E-state index is 0.167. The largest absolute Gasteiger partial charge is 0.503 e. The van der Waals surface area contributed by atoms with Crippen LogP contribution in [0.5, 0.6) is 11.5 Å². The van der Waals surface area contributed by atoms with Gasteiger partial charge in [0.25, 0.3) is 0 Å². The lowest BCUT2D eigenvalue weighted by molar-refractivity contribution is 0.172. The van der Waals surface area contributed by atoms with E-state index in [1.807, 2.05) is 19.1 Å². The normalized spacial score (nSPS) is 17.2. The Morgan fingerprint density at radius 3 is 2.73 bits per heavy atom. The van der Waals surface area contributed by atoms with Crippen molar-refractivity contribution >= 4 is 15.9 Å². The van der Waals surface area contributed by atoms with E-state index in [-0.39, 0.29) is 11.8 Å². The Bertz CT molecular complexity index is 528. The molecule has 0 aliphatic carbocycles. The average molecular weight is 369 g/mol. The third kappa shape index (κ3) is 4.24. The lowest BCUT2D eigenvalue weighted by Crippen LogP contribution is -2.45. The van der Waals surface area contributed by atoms with Crippen LogP contribution in [-0.2, 0) is 0 Å². The Balaban J connectivity index is 2.35. The fourth-order valence-electron chi connectivity index (χ4n) is 2.83. The Morgan fingerprint density at radius 1 is 1.45 bits per heavy atom. The molecule has 0 unspecified atom stereocenters. The first-order valence-corrected chi connectivity index (χ1v) is 8.56. The van der Waals surface area contributed by atoms with Gasteiger partial charge in [-0.1, -0.05) is 5.57 Å². The van der Waals surface area contributed by atoms with Crippen LogP contribution < -0.4 is 10.1 Å². The van der Waals surface area contributed by atoms with E-state index in [9.17, 15) is 5.11 Å². The number of nitrogens with one attached hydrogen (secondary N) is 1. The van der Waals surface area contributed by atoms with Gasteiger partial charge in [0.15, 0.2) is 11.5 Å². The maximum Gasteiger partial charge on any atom is 0.172 e. The summed E-state index contributed by atoms with van der Waals surface area (Å²) < 4.78 is 6.24. The van der Waals surface area contributed by atoms with Crippen LogP contribution in [0.25, 0.3) is 0 Å². The number of rotatable bonds is 6. The molecular formula is C17H25BrN2O2. The second-order valence-corrected chi connectivity index (χ2v) is 6.60. The minimum absolute atomic E-state index is 0.167. The van der Waals surface area contributed by atoms with Crippen molar-refractivity contribution < 1.29 is 9.84 Å². The van der Waals surface area contributed by atoms with E-state index in [1.165, 1.54) is 0 Å². The molecule has 0 bridgehead atoms. The molecule has 122 valence electrons. The molecule has 0 amide bonds. The Morgan fingerprint density at radius 2 is 2.14 bits per heavy atom. The zero-order valence-corrected chi connectivity index (χ0v) is 14.9. The third-order valence-corrected chi connectivity index (χ3v) is 4.47. The van der Waals surface area contributed by atoms with E-state index in [0.717, 1.165) is 43.7 Å². The predicted octanol–water partition coefficient (Wildman–Crippen LogP) is 3.47. The summed E-state index contributed by atoms with van der Waals surface area (Å²) in [6.45, 7) is 12.6. The molecule has 1 fully saturated rings. The van der Waals surface area contributed by atoms with Gasteiger partial charge in [-0.25, -0.2) is 0 Å². The minimum Gasteiger partial charge on any atom is -0.503 e. The quantitative estimate of drug-likeness (QED) is 0.754. The molecule has 1 aliphatic heterocycles. The van der Waals surface area contributed by atoms with Gasteiger partial charge in [0.2, 0.25) is 0 Å². The lowest BCUT2D eigenvalue weighted by atomic mass is 9.97. The zero-order valence-electron chi connectivity index (χ0n) is 13.4. The maximum atomic E-state index is 10.1. The number of piperazine rings is 1. The van der Waals surface area contributed by atoms with Crippen molar-refractivity contribution in [1.82, 2.24) is 10.2 Å². The van der Waals surface area contributed by atoms with Gasteiger partial charge < -0.3 is 15.2 Å². The molecule has 0 saturated carbocycles. The standard InChI is InChI=1S/C17H25BrN2O2/c1-4-22-16-11-13(10-14(18)17(16)21)15(9-12(2)3)20-7-5-19-6-8-20/h10-11,15,19,21H,2,4-9H2,1,3H3/t15-/m1/s1. The Hall–Kier alpha value is -1.04. The maximum absolute atomic E-state index is 10.1. The van der Waals surface area contributed by atoms with E-state index in [0.29, 0.717) is 16.8 Å². The second kappa shape index (κ2) is 7.99. The molecule has 1 aromatic rings. The van der Waals surface area contributed by atoms with Crippen LogP contribution >= 0.6 is 15.9 Å². The number of aromatic hydroxyl groups is 1. The summed E-state index contributed by atoms with van der Waals surface area (Å²) in [5.41, 5.74) is 2.31. The van der Waals surface area contributed by atoms with Crippen LogP contribution in [0.3, 0.4) is 0 Å². The van der Waals surface area contributed by atoms with Crippen LogP contribution in [0.2, 0.25) is 0 Å². The molecule has 0 spiro atoms. The lowest BCUT2D eigenvalue weighted by Gasteiger charge is -2.35. The molecule has 1 aliphatic rings. The Labute approximate surface area is 141 Å². The molecule has 1 aromatic carbocycles. The smallest absolute Gasteiger partial charge is 0.172 e. The topological polar surface area (TPSA) is 44.7 Å². The number of hydrogen-bond donors (Lipinski definition) is 2. The van der Waals surface area contributed by atoms with E-state index in [4.69, 9.17) is 4.74 Å².